The number of nitrogens with zero attached hydrogens (tertiary/aromatic N) is 1. The second-order valence-corrected chi connectivity index (χ2v) is 5.49. The number of hydrogen-bond acceptors (Lipinski definition) is 5. The van der Waals surface area contributed by atoms with Crippen LogP contribution in [-0.4, -0.2) is 36.2 Å². The SMILES string of the molecule is Cl.NCC(NC(=O)c1cc(OCC(F)(F)F)ccc1[N+](=O)[O-])C1CC1. The summed E-state index contributed by atoms with van der Waals surface area (Å²) in [6, 6.07) is 2.56. The number of hydrogen-bond donors (Lipinski definition) is 2. The number of nitro benzene ring substituents is 1. The first-order chi connectivity index (χ1) is 11.2. The first kappa shape index (κ1) is 21.0. The highest BCUT2D eigenvalue weighted by atomic mass is 35.5. The molecule has 140 valence electrons. The molecule has 0 spiro atoms. The molecule has 1 atom stereocenters. The van der Waals surface area contributed by atoms with Gasteiger partial charge < -0.3 is 15.8 Å². The van der Waals surface area contributed by atoms with Gasteiger partial charge in [-0.3, -0.25) is 14.9 Å². The Morgan fingerprint density at radius 1 is 1.44 bits per heavy atom. The number of nitrogens with one attached hydrogen (secondary N) is 1. The largest absolute Gasteiger partial charge is 0.484 e. The van der Waals surface area contributed by atoms with Crippen molar-refractivity contribution in [3.63, 3.8) is 0 Å². The molecular weight excluding hydrogens is 367 g/mol. The van der Waals surface area contributed by atoms with Crippen LogP contribution in [0.5, 0.6) is 5.75 Å². The van der Waals surface area contributed by atoms with Crippen LogP contribution in [0, 0.1) is 16.0 Å². The maximum atomic E-state index is 12.3. The van der Waals surface area contributed by atoms with Crippen LogP contribution in [0.4, 0.5) is 18.9 Å². The Kier molecular flexibility index (Phi) is 7.00. The van der Waals surface area contributed by atoms with Gasteiger partial charge in [0, 0.05) is 18.7 Å². The van der Waals surface area contributed by atoms with Crippen LogP contribution in [-0.2, 0) is 0 Å². The smallest absolute Gasteiger partial charge is 0.422 e. The molecule has 0 saturated heterocycles. The molecule has 1 saturated carbocycles. The second kappa shape index (κ2) is 8.34. The maximum absolute atomic E-state index is 12.3. The summed E-state index contributed by atoms with van der Waals surface area (Å²) < 4.78 is 41.1. The lowest BCUT2D eigenvalue weighted by atomic mass is 10.1. The van der Waals surface area contributed by atoms with E-state index in [-0.39, 0.29) is 42.2 Å². The summed E-state index contributed by atoms with van der Waals surface area (Å²) in [6.45, 7) is -1.38. The van der Waals surface area contributed by atoms with Crippen LogP contribution in [0.15, 0.2) is 18.2 Å². The van der Waals surface area contributed by atoms with Crippen molar-refractivity contribution >= 4 is 24.0 Å². The summed E-state index contributed by atoms with van der Waals surface area (Å²) in [5.74, 6) is -0.817. The van der Waals surface area contributed by atoms with E-state index in [1.165, 1.54) is 0 Å². The Morgan fingerprint density at radius 3 is 2.56 bits per heavy atom. The normalized spacial score (nSPS) is 15.0. The van der Waals surface area contributed by atoms with Crippen molar-refractivity contribution in [2.24, 2.45) is 11.7 Å². The second-order valence-electron chi connectivity index (χ2n) is 5.49. The molecule has 0 heterocycles. The summed E-state index contributed by atoms with van der Waals surface area (Å²) in [5, 5.41) is 13.6. The Morgan fingerprint density at radius 2 is 2.08 bits per heavy atom. The molecule has 11 heteroatoms. The number of halogens is 4. The first-order valence-corrected chi connectivity index (χ1v) is 7.20. The standard InChI is InChI=1S/C14H16F3N3O4.ClH/c15-14(16,17)7-24-9-3-4-12(20(22)23)10(5-9)13(21)19-11(6-18)8-1-2-8;/h3-5,8,11H,1-2,6-7,18H2,(H,19,21);1H. The van der Waals surface area contributed by atoms with E-state index in [4.69, 9.17) is 5.73 Å². The topological polar surface area (TPSA) is 107 Å². The van der Waals surface area contributed by atoms with Crippen molar-refractivity contribution in [3.8, 4) is 5.75 Å². The lowest BCUT2D eigenvalue weighted by molar-refractivity contribution is -0.385. The van der Waals surface area contributed by atoms with Crippen molar-refractivity contribution in [1.29, 1.82) is 0 Å². The zero-order valence-electron chi connectivity index (χ0n) is 12.9. The van der Waals surface area contributed by atoms with E-state index in [0.717, 1.165) is 31.0 Å². The first-order valence-electron chi connectivity index (χ1n) is 7.20. The maximum Gasteiger partial charge on any atom is 0.422 e. The van der Waals surface area contributed by atoms with Crippen molar-refractivity contribution in [1.82, 2.24) is 5.32 Å². The van der Waals surface area contributed by atoms with Gasteiger partial charge in [0.05, 0.1) is 4.92 Å². The molecule has 2 rings (SSSR count). The molecule has 1 amide bonds. The van der Waals surface area contributed by atoms with Gasteiger partial charge in [-0.15, -0.1) is 12.4 Å². The van der Waals surface area contributed by atoms with Crippen molar-refractivity contribution in [3.05, 3.63) is 33.9 Å². The monoisotopic (exact) mass is 383 g/mol. The van der Waals surface area contributed by atoms with E-state index in [1.54, 1.807) is 0 Å². The highest BCUT2D eigenvalue weighted by molar-refractivity contribution is 5.98. The van der Waals surface area contributed by atoms with Crippen molar-refractivity contribution in [2.45, 2.75) is 25.1 Å². The summed E-state index contributed by atoms with van der Waals surface area (Å²) in [5.41, 5.74) is 4.69. The number of amides is 1. The van der Waals surface area contributed by atoms with E-state index < -0.39 is 29.3 Å². The molecule has 0 aliphatic heterocycles. The summed E-state index contributed by atoms with van der Waals surface area (Å²) in [6.07, 6.45) is -2.75. The van der Waals surface area contributed by atoms with E-state index in [2.05, 4.69) is 10.1 Å². The summed E-state index contributed by atoms with van der Waals surface area (Å²) >= 11 is 0. The van der Waals surface area contributed by atoms with Crippen molar-refractivity contribution < 1.29 is 27.6 Å². The molecular formula is C14H17ClF3N3O4. The minimum Gasteiger partial charge on any atom is -0.484 e. The van der Waals surface area contributed by atoms with Gasteiger partial charge in [-0.05, 0) is 30.9 Å². The third kappa shape index (κ3) is 6.05. The Balaban J connectivity index is 0.00000312. The van der Waals surface area contributed by atoms with Gasteiger partial charge in [-0.2, -0.15) is 13.2 Å². The van der Waals surface area contributed by atoms with Crippen LogP contribution in [0.1, 0.15) is 23.2 Å². The average Bonchev–Trinajstić information content (AvgIpc) is 3.34. The van der Waals surface area contributed by atoms with E-state index in [9.17, 15) is 28.1 Å². The lowest BCUT2D eigenvalue weighted by Gasteiger charge is -2.16. The Hall–Kier alpha value is -2.07. The van der Waals surface area contributed by atoms with Gasteiger partial charge in [-0.1, -0.05) is 0 Å². The van der Waals surface area contributed by atoms with Crippen molar-refractivity contribution in [2.75, 3.05) is 13.2 Å². The molecule has 1 unspecified atom stereocenters. The molecule has 0 radical (unpaired) electrons. The van der Waals surface area contributed by atoms with Gasteiger partial charge in [0.1, 0.15) is 11.3 Å². The predicted molar refractivity (Wildman–Crippen MR) is 84.9 cm³/mol. The number of nitro groups is 1. The number of ether oxygens (including phenoxy) is 1. The lowest BCUT2D eigenvalue weighted by Crippen LogP contribution is -2.41. The fourth-order valence-electron chi connectivity index (χ4n) is 2.23. The molecule has 3 N–H and O–H groups in total. The van der Waals surface area contributed by atoms with Gasteiger partial charge in [0.15, 0.2) is 6.61 Å². The highest BCUT2D eigenvalue weighted by Crippen LogP contribution is 2.33. The molecule has 1 aromatic carbocycles. The Bertz CT molecular complexity index is 638. The predicted octanol–water partition coefficient (Wildman–Crippen LogP) is 2.42. The van der Waals surface area contributed by atoms with E-state index >= 15 is 0 Å². The zero-order chi connectivity index (χ0) is 17.9. The fourth-order valence-corrected chi connectivity index (χ4v) is 2.23. The molecule has 0 bridgehead atoms. The number of carbonyl (C=O) groups excluding carboxylic acids is 1. The quantitative estimate of drug-likeness (QED) is 0.555. The third-order valence-corrected chi connectivity index (χ3v) is 3.57. The van der Waals surface area contributed by atoms with Gasteiger partial charge in [0.25, 0.3) is 11.6 Å². The molecule has 0 aromatic heterocycles. The number of alkyl halides is 3. The number of benzene rings is 1. The highest BCUT2D eigenvalue weighted by Gasteiger charge is 2.33. The van der Waals surface area contributed by atoms with Crippen LogP contribution < -0.4 is 15.8 Å². The van der Waals surface area contributed by atoms with Gasteiger partial charge in [-0.25, -0.2) is 0 Å². The minimum absolute atomic E-state index is 0. The molecule has 1 aliphatic carbocycles. The number of nitrogens with two attached hydrogens (primary N) is 1. The minimum atomic E-state index is -4.55. The van der Waals surface area contributed by atoms with Crippen LogP contribution >= 0.6 is 12.4 Å². The van der Waals surface area contributed by atoms with Gasteiger partial charge in [0.2, 0.25) is 0 Å². The molecule has 1 aromatic rings. The van der Waals surface area contributed by atoms with Crippen LogP contribution in [0.25, 0.3) is 0 Å². The van der Waals surface area contributed by atoms with Crippen LogP contribution in [0.2, 0.25) is 0 Å². The Labute approximate surface area is 147 Å². The van der Waals surface area contributed by atoms with Gasteiger partial charge >= 0.3 is 6.18 Å². The third-order valence-electron chi connectivity index (χ3n) is 3.57. The molecule has 1 fully saturated rings. The average molecular weight is 384 g/mol. The van der Waals surface area contributed by atoms with Crippen LogP contribution in [0.3, 0.4) is 0 Å². The summed E-state index contributed by atoms with van der Waals surface area (Å²) in [4.78, 5) is 22.5. The number of rotatable bonds is 7. The molecule has 1 aliphatic rings. The fraction of sp³-hybridized carbons (Fsp3) is 0.500. The zero-order valence-corrected chi connectivity index (χ0v) is 13.7. The molecule has 25 heavy (non-hydrogen) atoms. The molecule has 7 nitrogen and oxygen atoms in total. The van der Waals surface area contributed by atoms with E-state index in [0.29, 0.717) is 0 Å². The summed E-state index contributed by atoms with van der Waals surface area (Å²) in [7, 11) is 0. The number of carbonyl (C=O) groups is 1. The van der Waals surface area contributed by atoms with E-state index in [1.807, 2.05) is 0 Å².